The number of nitrogens with zero attached hydrogens (tertiary/aromatic N) is 8. The molecule has 1 aliphatic rings. The van der Waals surface area contributed by atoms with Crippen LogP contribution in [-0.2, 0) is 52.7 Å². The van der Waals surface area contributed by atoms with Crippen LogP contribution in [0.1, 0.15) is 149 Å². The third-order valence-corrected chi connectivity index (χ3v) is 16.1. The van der Waals surface area contributed by atoms with Gasteiger partial charge >= 0.3 is 0 Å². The summed E-state index contributed by atoms with van der Waals surface area (Å²) in [4.78, 5) is 172. The Bertz CT molecular complexity index is 2390. The van der Waals surface area contributed by atoms with Crippen LogP contribution in [0.5, 0.6) is 0 Å². The van der Waals surface area contributed by atoms with E-state index in [0.717, 1.165) is 9.80 Å². The molecule has 0 saturated carbocycles. The van der Waals surface area contributed by atoms with Gasteiger partial charge in [0.05, 0.1) is 12.6 Å². The van der Waals surface area contributed by atoms with Crippen molar-refractivity contribution in [1.82, 2.24) is 55.6 Å². The van der Waals surface area contributed by atoms with Crippen molar-refractivity contribution in [3.8, 4) is 0 Å². The first-order valence-corrected chi connectivity index (χ1v) is 30.5. The Hall–Kier alpha value is -6.42. The Morgan fingerprint density at radius 3 is 1.34 bits per heavy atom. The van der Waals surface area contributed by atoms with E-state index in [-0.39, 0.29) is 62.2 Å². The highest BCUT2D eigenvalue weighted by Gasteiger charge is 2.46. The fourth-order valence-corrected chi connectivity index (χ4v) is 10.8. The maximum Gasteiger partial charge on any atom is 0.275 e. The molecule has 2 unspecified atom stereocenters. The third kappa shape index (κ3) is 21.5. The first-order valence-electron chi connectivity index (χ1n) is 30.5. The first-order chi connectivity index (χ1) is 39.6. The van der Waals surface area contributed by atoms with E-state index in [9.17, 15) is 48.3 Å². The molecule has 11 amide bonds. The summed E-state index contributed by atoms with van der Waals surface area (Å²) < 4.78 is 0. The highest BCUT2D eigenvalue weighted by Crippen LogP contribution is 2.26. The first kappa shape index (κ1) is 77.6. The normalized spacial score (nSPS) is 26.9. The molecule has 0 aromatic rings. The van der Waals surface area contributed by atoms with Gasteiger partial charge in [-0.3, -0.25) is 63.3 Å². The molecule has 1 rings (SSSR count). The van der Waals surface area contributed by atoms with E-state index >= 15 is 9.59 Å². The lowest BCUT2D eigenvalue weighted by atomic mass is 9.90. The molecule has 0 aromatic heterocycles. The number of amides is 11. The van der Waals surface area contributed by atoms with E-state index in [1.54, 1.807) is 41.5 Å². The lowest BCUT2D eigenvalue weighted by Gasteiger charge is -2.41. The number of rotatable bonds is 15. The van der Waals surface area contributed by atoms with Crippen molar-refractivity contribution in [2.75, 3.05) is 55.9 Å². The summed E-state index contributed by atoms with van der Waals surface area (Å²) in [5.41, 5.74) is 6.00. The van der Waals surface area contributed by atoms with Gasteiger partial charge in [0.15, 0.2) is 0 Å². The van der Waals surface area contributed by atoms with Crippen LogP contribution in [0.4, 0.5) is 0 Å². The molecule has 1 fully saturated rings. The van der Waals surface area contributed by atoms with E-state index < -0.39 is 162 Å². The van der Waals surface area contributed by atoms with Crippen molar-refractivity contribution in [3.05, 3.63) is 11.4 Å². The second kappa shape index (κ2) is 34.8. The molecule has 0 spiro atoms. The molecule has 25 nitrogen and oxygen atoms in total. The summed E-state index contributed by atoms with van der Waals surface area (Å²) in [6.07, 6.45) is -2.37. The van der Waals surface area contributed by atoms with Crippen molar-refractivity contribution in [2.45, 2.75) is 222 Å². The summed E-state index contributed by atoms with van der Waals surface area (Å²) >= 11 is 0. The van der Waals surface area contributed by atoms with Gasteiger partial charge in [-0.2, -0.15) is 0 Å². The predicted molar refractivity (Wildman–Crippen MR) is 328 cm³/mol. The second-order valence-electron chi connectivity index (χ2n) is 26.2. The molecule has 1 aliphatic heterocycles. The number of nitrogens with two attached hydrogens (primary N) is 1. The standard InChI is InChI=1S/C61H109N13O12/c1-25-41-57(82)68(18)31-47(75)69(19)42(26-32(2)3)54(79)67-48(36(10)11)60(85)70(20)43(27-33(4)5)53(78)64-39(15)52(77)65-40(16)56(81)71(21)44(28-34(6)7)58(83)72(22)45(29-35(8)9)59(84)73(23)49(37(12)13)61(86)74(24)50(55(80)66-41)51(76)38(14)30-46(62)63-17/h32-46,48-51,76H,25-31,62H2,1-16,18-24H3,(H,64,78)(H,65,77)(H,66,80)(H,67,79)/t38-,39+,40+,41+,42+,43+,44+,45+,46?,48+,49+,50?,51-/m0/s1. The van der Waals surface area contributed by atoms with Gasteiger partial charge in [-0.1, -0.05) is 96.9 Å². The predicted octanol–water partition coefficient (Wildman–Crippen LogP) is 1.90. The van der Waals surface area contributed by atoms with Gasteiger partial charge in [-0.05, 0) is 87.4 Å². The van der Waals surface area contributed by atoms with Crippen LogP contribution in [0.25, 0.3) is 4.85 Å². The molecular formula is C61H109N13O12. The van der Waals surface area contributed by atoms with Crippen LogP contribution in [0.3, 0.4) is 0 Å². The molecule has 490 valence electrons. The van der Waals surface area contributed by atoms with Gasteiger partial charge < -0.3 is 60.7 Å². The van der Waals surface area contributed by atoms with E-state index in [1.807, 2.05) is 55.4 Å². The smallest absolute Gasteiger partial charge is 0.275 e. The number of aliphatic hydroxyl groups is 1. The quantitative estimate of drug-likeness (QED) is 0.128. The Morgan fingerprint density at radius 1 is 0.488 bits per heavy atom. The summed E-state index contributed by atoms with van der Waals surface area (Å²) in [5, 5.41) is 23.0. The van der Waals surface area contributed by atoms with Gasteiger partial charge in [0.2, 0.25) is 65.0 Å². The minimum absolute atomic E-state index is 0.0287. The van der Waals surface area contributed by atoms with Crippen molar-refractivity contribution in [2.24, 2.45) is 47.2 Å². The number of aliphatic hydroxyl groups excluding tert-OH is 1. The van der Waals surface area contributed by atoms with Crippen LogP contribution in [0.15, 0.2) is 0 Å². The Labute approximate surface area is 513 Å². The molecule has 0 aliphatic carbocycles. The largest absolute Gasteiger partial charge is 0.390 e. The highest BCUT2D eigenvalue weighted by atomic mass is 16.3. The average Bonchev–Trinajstić information content (AvgIpc) is 1.23. The van der Waals surface area contributed by atoms with E-state index in [2.05, 4.69) is 26.1 Å². The van der Waals surface area contributed by atoms with E-state index in [4.69, 9.17) is 12.3 Å². The molecule has 86 heavy (non-hydrogen) atoms. The molecular weight excluding hydrogens is 1110 g/mol. The topological polar surface area (TPSA) is 309 Å². The van der Waals surface area contributed by atoms with Gasteiger partial charge in [-0.15, -0.1) is 0 Å². The zero-order chi connectivity index (χ0) is 66.8. The molecule has 0 aromatic carbocycles. The number of carbonyl (C=O) groups excluding carboxylic acids is 11. The summed E-state index contributed by atoms with van der Waals surface area (Å²) in [7, 11) is 9.70. The summed E-state index contributed by atoms with van der Waals surface area (Å²) in [5.74, 6) is -10.5. The van der Waals surface area contributed by atoms with Crippen LogP contribution in [0.2, 0.25) is 0 Å². The van der Waals surface area contributed by atoms with E-state index in [1.165, 1.54) is 87.7 Å². The van der Waals surface area contributed by atoms with Crippen molar-refractivity contribution in [3.63, 3.8) is 0 Å². The Morgan fingerprint density at radius 2 is 0.895 bits per heavy atom. The molecule has 13 atom stereocenters. The highest BCUT2D eigenvalue weighted by molar-refractivity contribution is 5.99. The number of nitrogens with one attached hydrogen (secondary N) is 4. The maximum absolute atomic E-state index is 15.1. The lowest BCUT2D eigenvalue weighted by Crippen LogP contribution is -2.63. The Balaban J connectivity index is 4.34. The zero-order valence-electron chi connectivity index (χ0n) is 56.0. The fourth-order valence-electron chi connectivity index (χ4n) is 10.8. The van der Waals surface area contributed by atoms with Crippen LogP contribution >= 0.6 is 0 Å². The maximum atomic E-state index is 15.1. The number of likely N-dealkylation sites (N-methyl/N-ethyl adjacent to an activating group) is 7. The summed E-state index contributed by atoms with van der Waals surface area (Å²) in [6.45, 7) is 34.5. The number of hydrogen-bond acceptors (Lipinski definition) is 13. The van der Waals surface area contributed by atoms with E-state index in [0.29, 0.717) is 0 Å². The number of carbonyl (C=O) groups is 11. The minimum atomic E-state index is -1.75. The average molecular weight is 1220 g/mol. The van der Waals surface area contributed by atoms with Gasteiger partial charge in [0.1, 0.15) is 60.4 Å². The lowest BCUT2D eigenvalue weighted by molar-refractivity contribution is -0.157. The van der Waals surface area contributed by atoms with Crippen molar-refractivity contribution >= 4 is 65.0 Å². The monoisotopic (exact) mass is 1220 g/mol. The van der Waals surface area contributed by atoms with Crippen LogP contribution in [0, 0.1) is 48.0 Å². The molecule has 1 saturated heterocycles. The van der Waals surface area contributed by atoms with Gasteiger partial charge in [0.25, 0.3) is 6.17 Å². The zero-order valence-corrected chi connectivity index (χ0v) is 56.0. The fraction of sp³-hybridized carbons (Fsp3) is 0.803. The van der Waals surface area contributed by atoms with Gasteiger partial charge in [0, 0.05) is 55.8 Å². The minimum Gasteiger partial charge on any atom is -0.390 e. The van der Waals surface area contributed by atoms with Gasteiger partial charge in [-0.25, -0.2) is 6.57 Å². The van der Waals surface area contributed by atoms with Crippen molar-refractivity contribution in [1.29, 1.82) is 0 Å². The van der Waals surface area contributed by atoms with Crippen molar-refractivity contribution < 1.29 is 57.8 Å². The number of hydrogen-bond donors (Lipinski definition) is 6. The molecule has 7 N–H and O–H groups in total. The molecule has 0 radical (unpaired) electrons. The molecule has 25 heteroatoms. The molecule has 1 heterocycles. The molecule has 0 bridgehead atoms. The van der Waals surface area contributed by atoms with Crippen LogP contribution < -0.4 is 27.0 Å². The second-order valence-corrected chi connectivity index (χ2v) is 26.2. The Kier molecular flexibility index (Phi) is 31.4. The third-order valence-electron chi connectivity index (χ3n) is 16.1. The SMILES string of the molecule is [C-]#[N+]C(N)C[C@H](C)[C@H](O)C1C(=O)N[C@H](CC)C(=O)N(C)CC(=O)N(C)[C@H](CC(C)C)C(=O)N[C@H](C(C)C)C(=O)N(C)[C@H](CC(C)C)C(=O)N[C@H](C)C(=O)N[C@H](C)C(=O)N(C)[C@H](CC(C)C)C(=O)N(C)[C@H](CC(C)C)C(=O)N(C)[C@H](C(C)C)C(=O)N1C. The summed E-state index contributed by atoms with van der Waals surface area (Å²) in [6, 6.07) is -12.7. The van der Waals surface area contributed by atoms with Crippen LogP contribution in [-0.4, -0.2) is 233 Å².